The third-order valence-electron chi connectivity index (χ3n) is 4.78. The summed E-state index contributed by atoms with van der Waals surface area (Å²) in [5.41, 5.74) is 1.46. The Hall–Kier alpha value is -4.35. The molecule has 0 bridgehead atoms. The second kappa shape index (κ2) is 10.3. The van der Waals surface area contributed by atoms with Gasteiger partial charge in [-0.2, -0.15) is 18.3 Å². The van der Waals surface area contributed by atoms with Crippen LogP contribution in [0.15, 0.2) is 53.3 Å². The molecule has 2 N–H and O–H groups in total. The van der Waals surface area contributed by atoms with E-state index < -0.39 is 34.7 Å². The number of carbonyl (C=O) groups excluding carboxylic acids is 2. The van der Waals surface area contributed by atoms with Crippen molar-refractivity contribution in [3.8, 4) is 17.2 Å². The minimum absolute atomic E-state index is 0.0776. The van der Waals surface area contributed by atoms with Crippen molar-refractivity contribution < 1.29 is 32.2 Å². The molecule has 0 unspecified atom stereocenters. The van der Waals surface area contributed by atoms with Crippen LogP contribution >= 0.6 is 0 Å². The number of methoxy groups -OCH3 is 1. The number of aromatic nitrogens is 2. The zero-order valence-electron chi connectivity index (χ0n) is 18.9. The van der Waals surface area contributed by atoms with Crippen molar-refractivity contribution in [3.63, 3.8) is 0 Å². The number of aryl methyl sites for hydroxylation is 1. The molecule has 0 aliphatic carbocycles. The Morgan fingerprint density at radius 1 is 1.03 bits per heavy atom. The van der Waals surface area contributed by atoms with Crippen LogP contribution in [0.2, 0.25) is 0 Å². The number of hydrogen-bond donors (Lipinski definition) is 2. The van der Waals surface area contributed by atoms with Gasteiger partial charge in [-0.3, -0.25) is 25.2 Å². The van der Waals surface area contributed by atoms with E-state index in [0.717, 1.165) is 22.9 Å². The van der Waals surface area contributed by atoms with Crippen LogP contribution in [0.5, 0.6) is 11.5 Å². The minimum Gasteiger partial charge on any atom is -0.493 e. The largest absolute Gasteiger partial charge is 0.493 e. The number of carbonyl (C=O) groups is 2. The SMILES string of the molecule is CCOc1ccc(C(=O)NNC(=O)c2nn(-c3ccccc3C(F)(F)F)c(C)cc2=O)cc1OC. The molecule has 1 aromatic heterocycles. The Bertz CT molecular complexity index is 1320. The molecule has 0 aliphatic rings. The summed E-state index contributed by atoms with van der Waals surface area (Å²) >= 11 is 0. The lowest BCUT2D eigenvalue weighted by atomic mass is 10.1. The van der Waals surface area contributed by atoms with Crippen molar-refractivity contribution >= 4 is 11.8 Å². The number of nitrogens with zero attached hydrogens (tertiary/aromatic N) is 2. The highest BCUT2D eigenvalue weighted by Gasteiger charge is 2.34. The number of hydrazine groups is 1. The van der Waals surface area contributed by atoms with Gasteiger partial charge >= 0.3 is 6.18 Å². The van der Waals surface area contributed by atoms with Gasteiger partial charge in [0.25, 0.3) is 11.8 Å². The van der Waals surface area contributed by atoms with Gasteiger partial charge in [-0.1, -0.05) is 12.1 Å². The maximum Gasteiger partial charge on any atom is 0.418 e. The summed E-state index contributed by atoms with van der Waals surface area (Å²) in [5.74, 6) is -1.15. The Morgan fingerprint density at radius 3 is 2.37 bits per heavy atom. The number of amides is 2. The Morgan fingerprint density at radius 2 is 1.71 bits per heavy atom. The maximum atomic E-state index is 13.5. The summed E-state index contributed by atoms with van der Waals surface area (Å²) in [6.07, 6.45) is -4.69. The summed E-state index contributed by atoms with van der Waals surface area (Å²) in [6.45, 7) is 3.54. The topological polar surface area (TPSA) is 112 Å². The maximum absolute atomic E-state index is 13.5. The molecule has 0 radical (unpaired) electrons. The molecule has 12 heteroatoms. The summed E-state index contributed by atoms with van der Waals surface area (Å²) in [5, 5.41) is 3.83. The van der Waals surface area contributed by atoms with E-state index in [1.165, 1.54) is 44.4 Å². The van der Waals surface area contributed by atoms with E-state index in [2.05, 4.69) is 10.5 Å². The number of hydrogen-bond acceptors (Lipinski definition) is 6. The number of halogens is 3. The predicted octanol–water partition coefficient (Wildman–Crippen LogP) is 3.04. The summed E-state index contributed by atoms with van der Waals surface area (Å²) in [4.78, 5) is 37.4. The lowest BCUT2D eigenvalue weighted by molar-refractivity contribution is -0.137. The van der Waals surface area contributed by atoms with Crippen LogP contribution in [0.4, 0.5) is 13.2 Å². The smallest absolute Gasteiger partial charge is 0.418 e. The van der Waals surface area contributed by atoms with Crippen LogP contribution in [0.25, 0.3) is 5.69 Å². The molecule has 3 aromatic rings. The van der Waals surface area contributed by atoms with Gasteiger partial charge in [0.15, 0.2) is 17.2 Å². The lowest BCUT2D eigenvalue weighted by Gasteiger charge is -2.16. The van der Waals surface area contributed by atoms with Gasteiger partial charge in [-0.25, -0.2) is 4.68 Å². The highest BCUT2D eigenvalue weighted by molar-refractivity contribution is 5.98. The van der Waals surface area contributed by atoms with Crippen molar-refractivity contribution in [3.05, 3.63) is 81.3 Å². The van der Waals surface area contributed by atoms with Gasteiger partial charge < -0.3 is 9.47 Å². The fourth-order valence-electron chi connectivity index (χ4n) is 3.18. The second-order valence-corrected chi connectivity index (χ2v) is 7.13. The lowest BCUT2D eigenvalue weighted by Crippen LogP contribution is -2.44. The van der Waals surface area contributed by atoms with Crippen LogP contribution in [0.3, 0.4) is 0 Å². The summed E-state index contributed by atoms with van der Waals surface area (Å²) < 4.78 is 51.7. The van der Waals surface area contributed by atoms with Crippen LogP contribution in [0.1, 0.15) is 39.0 Å². The molecule has 0 spiro atoms. The first-order chi connectivity index (χ1) is 16.6. The van der Waals surface area contributed by atoms with E-state index >= 15 is 0 Å². The van der Waals surface area contributed by atoms with Crippen molar-refractivity contribution in [1.29, 1.82) is 0 Å². The van der Waals surface area contributed by atoms with Gasteiger partial charge in [0.2, 0.25) is 5.43 Å². The molecule has 0 fully saturated rings. The minimum atomic E-state index is -4.69. The number of nitrogens with one attached hydrogen (secondary N) is 2. The molecule has 2 amide bonds. The molecule has 0 atom stereocenters. The monoisotopic (exact) mass is 490 g/mol. The van der Waals surface area contributed by atoms with E-state index in [1.54, 1.807) is 6.92 Å². The highest BCUT2D eigenvalue weighted by atomic mass is 19.4. The molecule has 2 aromatic carbocycles. The van der Waals surface area contributed by atoms with E-state index in [4.69, 9.17) is 9.47 Å². The van der Waals surface area contributed by atoms with Crippen LogP contribution in [-0.2, 0) is 6.18 Å². The van der Waals surface area contributed by atoms with E-state index in [0.29, 0.717) is 12.4 Å². The van der Waals surface area contributed by atoms with E-state index in [1.807, 2.05) is 5.43 Å². The number of alkyl halides is 3. The molecule has 184 valence electrons. The van der Waals surface area contributed by atoms with E-state index in [9.17, 15) is 27.6 Å². The standard InChI is InChI=1S/C23H21F3N4O5/c1-4-35-18-10-9-14(12-19(18)34-3)21(32)27-28-22(33)20-17(31)11-13(2)30(29-20)16-8-6-5-7-15(16)23(24,25)26/h5-12H,4H2,1-3H3,(H,27,32)(H,28,33). The predicted molar refractivity (Wildman–Crippen MR) is 119 cm³/mol. The fraction of sp³-hybridized carbons (Fsp3) is 0.217. The summed E-state index contributed by atoms with van der Waals surface area (Å²) in [6, 6.07) is 9.91. The Labute approximate surface area is 197 Å². The highest BCUT2D eigenvalue weighted by Crippen LogP contribution is 2.33. The molecule has 3 rings (SSSR count). The number of rotatable bonds is 6. The van der Waals surface area contributed by atoms with Crippen molar-refractivity contribution in [1.82, 2.24) is 20.6 Å². The zero-order chi connectivity index (χ0) is 25.8. The zero-order valence-corrected chi connectivity index (χ0v) is 18.9. The first-order valence-electron chi connectivity index (χ1n) is 10.3. The van der Waals surface area contributed by atoms with Crippen LogP contribution in [-0.4, -0.2) is 35.3 Å². The molecule has 0 saturated carbocycles. The molecule has 0 saturated heterocycles. The average Bonchev–Trinajstić information content (AvgIpc) is 2.82. The number of para-hydroxylation sites is 1. The van der Waals surface area contributed by atoms with Gasteiger partial charge in [0.05, 0.1) is 25.0 Å². The molecular weight excluding hydrogens is 469 g/mol. The first-order valence-corrected chi connectivity index (χ1v) is 10.3. The molecule has 35 heavy (non-hydrogen) atoms. The Balaban J connectivity index is 1.85. The number of benzene rings is 2. The molecule has 0 aliphatic heterocycles. The van der Waals surface area contributed by atoms with Crippen molar-refractivity contribution in [2.75, 3.05) is 13.7 Å². The first kappa shape index (κ1) is 25.3. The summed E-state index contributed by atoms with van der Waals surface area (Å²) in [7, 11) is 1.40. The van der Waals surface area contributed by atoms with Crippen molar-refractivity contribution in [2.24, 2.45) is 0 Å². The third-order valence-corrected chi connectivity index (χ3v) is 4.78. The molecule has 1 heterocycles. The van der Waals surface area contributed by atoms with Gasteiger partial charge in [-0.15, -0.1) is 0 Å². The van der Waals surface area contributed by atoms with Crippen LogP contribution < -0.4 is 25.8 Å². The quantitative estimate of drug-likeness (QED) is 0.514. The number of ether oxygens (including phenoxy) is 2. The van der Waals surface area contributed by atoms with Crippen LogP contribution in [0, 0.1) is 6.92 Å². The average molecular weight is 490 g/mol. The third kappa shape index (κ3) is 5.60. The normalized spacial score (nSPS) is 11.0. The van der Waals surface area contributed by atoms with Gasteiger partial charge in [0, 0.05) is 17.3 Å². The second-order valence-electron chi connectivity index (χ2n) is 7.13. The van der Waals surface area contributed by atoms with Crippen molar-refractivity contribution in [2.45, 2.75) is 20.0 Å². The molecular formula is C23H21F3N4O5. The van der Waals surface area contributed by atoms with Gasteiger partial charge in [-0.05, 0) is 44.2 Å². The Kier molecular flexibility index (Phi) is 7.43. The van der Waals surface area contributed by atoms with E-state index in [-0.39, 0.29) is 22.7 Å². The molecule has 9 nitrogen and oxygen atoms in total. The van der Waals surface area contributed by atoms with Gasteiger partial charge in [0.1, 0.15) is 0 Å². The fourth-order valence-corrected chi connectivity index (χ4v) is 3.18.